The standard InChI is InChI=1S/C9H9FN2O3/c10-7-3-1-4-8-9(7)15-6-2-5-11(8)12(13)14/h1,3-4H,2,5-6H2. The lowest BCUT2D eigenvalue weighted by Crippen LogP contribution is -2.30. The Morgan fingerprint density at radius 3 is 3.07 bits per heavy atom. The van der Waals surface area contributed by atoms with Gasteiger partial charge in [0.15, 0.2) is 16.6 Å². The predicted octanol–water partition coefficient (Wildman–Crippen LogP) is 1.61. The van der Waals surface area contributed by atoms with Crippen LogP contribution in [0.1, 0.15) is 6.42 Å². The number of nitrogens with zero attached hydrogens (tertiary/aromatic N) is 2. The van der Waals surface area contributed by atoms with Crippen LogP contribution in [-0.4, -0.2) is 18.2 Å². The summed E-state index contributed by atoms with van der Waals surface area (Å²) >= 11 is 0. The minimum Gasteiger partial charge on any atom is -0.488 e. The van der Waals surface area contributed by atoms with Gasteiger partial charge >= 0.3 is 0 Å². The van der Waals surface area contributed by atoms with Gasteiger partial charge in [0.25, 0.3) is 0 Å². The quantitative estimate of drug-likeness (QED) is 0.524. The molecule has 80 valence electrons. The fourth-order valence-corrected chi connectivity index (χ4v) is 1.52. The minimum atomic E-state index is -0.568. The molecule has 1 aromatic rings. The van der Waals surface area contributed by atoms with Crippen molar-refractivity contribution in [1.29, 1.82) is 0 Å². The van der Waals surface area contributed by atoms with Gasteiger partial charge in [0, 0.05) is 6.42 Å². The van der Waals surface area contributed by atoms with Crippen LogP contribution >= 0.6 is 0 Å². The molecular formula is C9H9FN2O3. The highest BCUT2D eigenvalue weighted by Gasteiger charge is 2.26. The second kappa shape index (κ2) is 3.72. The van der Waals surface area contributed by atoms with Gasteiger partial charge in [0.1, 0.15) is 5.69 Å². The first-order valence-electron chi connectivity index (χ1n) is 4.53. The molecule has 0 atom stereocenters. The molecule has 1 heterocycles. The highest BCUT2D eigenvalue weighted by atomic mass is 19.1. The van der Waals surface area contributed by atoms with E-state index < -0.39 is 10.8 Å². The number of fused-ring (bicyclic) bond motifs is 1. The minimum absolute atomic E-state index is 0.0355. The number of para-hydroxylation sites is 1. The lowest BCUT2D eigenvalue weighted by atomic mass is 10.2. The Kier molecular flexibility index (Phi) is 2.40. The van der Waals surface area contributed by atoms with Gasteiger partial charge in [-0.25, -0.2) is 14.5 Å². The van der Waals surface area contributed by atoms with Gasteiger partial charge in [-0.1, -0.05) is 11.1 Å². The van der Waals surface area contributed by atoms with Crippen molar-refractivity contribution in [3.63, 3.8) is 0 Å². The number of hydrogen-bond donors (Lipinski definition) is 0. The maximum atomic E-state index is 13.3. The maximum absolute atomic E-state index is 13.3. The molecule has 6 heteroatoms. The zero-order valence-electron chi connectivity index (χ0n) is 7.85. The zero-order chi connectivity index (χ0) is 10.8. The molecule has 5 nitrogen and oxygen atoms in total. The number of rotatable bonds is 1. The van der Waals surface area contributed by atoms with Crippen molar-refractivity contribution < 1.29 is 14.2 Å². The van der Waals surface area contributed by atoms with Gasteiger partial charge in [0.05, 0.1) is 13.2 Å². The van der Waals surface area contributed by atoms with Crippen LogP contribution < -0.4 is 9.75 Å². The fraction of sp³-hybridized carbons (Fsp3) is 0.333. The molecule has 0 unspecified atom stereocenters. The first-order chi connectivity index (χ1) is 7.20. The van der Waals surface area contributed by atoms with Crippen LogP contribution in [0.25, 0.3) is 0 Å². The number of ether oxygens (including phenoxy) is 1. The molecule has 15 heavy (non-hydrogen) atoms. The third-order valence-corrected chi connectivity index (χ3v) is 2.18. The molecule has 0 bridgehead atoms. The summed E-state index contributed by atoms with van der Waals surface area (Å²) in [5.41, 5.74) is 0.178. The summed E-state index contributed by atoms with van der Waals surface area (Å²) in [6.45, 7) is 0.516. The molecule has 0 fully saturated rings. The number of hydrazine groups is 1. The topological polar surface area (TPSA) is 55.6 Å². The Morgan fingerprint density at radius 1 is 1.53 bits per heavy atom. The first kappa shape index (κ1) is 9.70. The van der Waals surface area contributed by atoms with Crippen LogP contribution in [0.3, 0.4) is 0 Å². The Balaban J connectivity index is 2.49. The Morgan fingerprint density at radius 2 is 2.33 bits per heavy atom. The highest BCUT2D eigenvalue weighted by molar-refractivity contribution is 5.57. The largest absolute Gasteiger partial charge is 0.488 e. The SMILES string of the molecule is O=[N+]([O-])N1CCCOc2c(F)cccc21. The van der Waals surface area contributed by atoms with Crippen LogP contribution in [0.4, 0.5) is 10.1 Å². The van der Waals surface area contributed by atoms with Crippen LogP contribution in [0.15, 0.2) is 18.2 Å². The molecule has 0 saturated carbocycles. The summed E-state index contributed by atoms with van der Waals surface area (Å²) < 4.78 is 18.5. The van der Waals surface area contributed by atoms with Crippen molar-refractivity contribution in [2.24, 2.45) is 0 Å². The monoisotopic (exact) mass is 212 g/mol. The number of benzene rings is 1. The van der Waals surface area contributed by atoms with E-state index in [0.717, 1.165) is 5.01 Å². The summed E-state index contributed by atoms with van der Waals surface area (Å²) in [5.74, 6) is -0.604. The van der Waals surface area contributed by atoms with Gasteiger partial charge in [-0.3, -0.25) is 0 Å². The molecule has 2 rings (SSSR count). The molecule has 1 aromatic carbocycles. The number of hydrogen-bond acceptors (Lipinski definition) is 3. The maximum Gasteiger partial charge on any atom is 0.184 e. The predicted molar refractivity (Wildman–Crippen MR) is 50.9 cm³/mol. The Hall–Kier alpha value is -1.85. The molecule has 0 aromatic heterocycles. The zero-order valence-corrected chi connectivity index (χ0v) is 7.85. The van der Waals surface area contributed by atoms with E-state index in [9.17, 15) is 14.5 Å². The number of anilines is 1. The van der Waals surface area contributed by atoms with Crippen LogP contribution in [0, 0.1) is 15.9 Å². The molecule has 1 aliphatic rings. The normalized spacial score (nSPS) is 15.1. The van der Waals surface area contributed by atoms with Crippen LogP contribution in [0.2, 0.25) is 0 Å². The summed E-state index contributed by atoms with van der Waals surface area (Å²) in [5, 5.41) is 11.1. The summed E-state index contributed by atoms with van der Waals surface area (Å²) in [7, 11) is 0. The van der Waals surface area contributed by atoms with E-state index in [0.29, 0.717) is 6.42 Å². The van der Waals surface area contributed by atoms with E-state index in [1.165, 1.54) is 18.2 Å². The number of halogens is 1. The third kappa shape index (κ3) is 1.70. The first-order valence-corrected chi connectivity index (χ1v) is 4.53. The lowest BCUT2D eigenvalue weighted by Gasteiger charge is -2.12. The molecule has 0 radical (unpaired) electrons. The molecule has 1 aliphatic heterocycles. The van der Waals surface area contributed by atoms with E-state index in [-0.39, 0.29) is 24.6 Å². The Labute approximate surface area is 85.2 Å². The van der Waals surface area contributed by atoms with Gasteiger partial charge < -0.3 is 4.74 Å². The van der Waals surface area contributed by atoms with Crippen LogP contribution in [0.5, 0.6) is 5.75 Å². The van der Waals surface area contributed by atoms with Crippen molar-refractivity contribution >= 4 is 5.69 Å². The second-order valence-corrected chi connectivity index (χ2v) is 3.15. The summed E-state index contributed by atoms with van der Waals surface area (Å²) in [4.78, 5) is 10.7. The van der Waals surface area contributed by atoms with E-state index in [2.05, 4.69) is 0 Å². The Bertz CT molecular complexity index is 397. The van der Waals surface area contributed by atoms with E-state index >= 15 is 0 Å². The molecule has 0 saturated heterocycles. The van der Waals surface area contributed by atoms with Crippen molar-refractivity contribution in [3.8, 4) is 5.75 Å². The number of nitro groups is 1. The van der Waals surface area contributed by atoms with Crippen molar-refractivity contribution in [1.82, 2.24) is 0 Å². The smallest absolute Gasteiger partial charge is 0.184 e. The molecule has 0 spiro atoms. The average molecular weight is 212 g/mol. The van der Waals surface area contributed by atoms with Crippen molar-refractivity contribution in [2.75, 3.05) is 18.2 Å². The molecule has 0 aliphatic carbocycles. The van der Waals surface area contributed by atoms with Gasteiger partial charge in [-0.05, 0) is 12.1 Å². The average Bonchev–Trinajstić information content (AvgIpc) is 2.40. The summed E-state index contributed by atoms with van der Waals surface area (Å²) in [6.07, 6.45) is 0.495. The van der Waals surface area contributed by atoms with E-state index in [1.807, 2.05) is 0 Å². The van der Waals surface area contributed by atoms with Crippen LogP contribution in [-0.2, 0) is 0 Å². The van der Waals surface area contributed by atoms with Gasteiger partial charge in [0.2, 0.25) is 0 Å². The van der Waals surface area contributed by atoms with E-state index in [1.54, 1.807) is 0 Å². The molecule has 0 amide bonds. The molecule has 0 N–H and O–H groups in total. The second-order valence-electron chi connectivity index (χ2n) is 3.15. The highest BCUT2D eigenvalue weighted by Crippen LogP contribution is 2.33. The van der Waals surface area contributed by atoms with Gasteiger partial charge in [-0.15, -0.1) is 0 Å². The van der Waals surface area contributed by atoms with Crippen molar-refractivity contribution in [2.45, 2.75) is 6.42 Å². The van der Waals surface area contributed by atoms with E-state index in [4.69, 9.17) is 4.74 Å². The van der Waals surface area contributed by atoms with Crippen molar-refractivity contribution in [3.05, 3.63) is 34.1 Å². The fourth-order valence-electron chi connectivity index (χ4n) is 1.52. The van der Waals surface area contributed by atoms with Gasteiger partial charge in [-0.2, -0.15) is 0 Å². The third-order valence-electron chi connectivity index (χ3n) is 2.18. The lowest BCUT2D eigenvalue weighted by molar-refractivity contribution is -0.494. The summed E-state index contributed by atoms with van der Waals surface area (Å²) in [6, 6.07) is 4.13. The molecular weight excluding hydrogens is 203 g/mol.